The van der Waals surface area contributed by atoms with Crippen LogP contribution in [-0.2, 0) is 16.6 Å². The van der Waals surface area contributed by atoms with Crippen molar-refractivity contribution in [2.24, 2.45) is 0 Å². The lowest BCUT2D eigenvalue weighted by molar-refractivity contribution is 0.0939. The van der Waals surface area contributed by atoms with Gasteiger partial charge < -0.3 is 9.88 Å². The highest BCUT2D eigenvalue weighted by Gasteiger charge is 2.28. The molecule has 0 spiro atoms. The molecule has 1 aromatic carbocycles. The van der Waals surface area contributed by atoms with E-state index in [0.29, 0.717) is 24.2 Å². The van der Waals surface area contributed by atoms with E-state index in [1.54, 1.807) is 0 Å². The summed E-state index contributed by atoms with van der Waals surface area (Å²) < 4.78 is 27.6. The van der Waals surface area contributed by atoms with Crippen molar-refractivity contribution < 1.29 is 13.2 Å². The van der Waals surface area contributed by atoms with E-state index in [9.17, 15) is 13.2 Å². The molecule has 7 heteroatoms. The molecule has 1 aromatic heterocycles. The summed E-state index contributed by atoms with van der Waals surface area (Å²) in [5.41, 5.74) is 4.36. The van der Waals surface area contributed by atoms with E-state index in [-0.39, 0.29) is 17.7 Å². The molecule has 1 amide bonds. The molecule has 1 N–H and O–H groups in total. The molecule has 27 heavy (non-hydrogen) atoms. The Bertz CT molecular complexity index is 946. The maximum Gasteiger partial charge on any atom is 0.253 e. The second-order valence-corrected chi connectivity index (χ2v) is 9.07. The summed E-state index contributed by atoms with van der Waals surface area (Å²) in [6.07, 6.45) is 0.659. The average Bonchev–Trinajstić information content (AvgIpc) is 3.13. The fraction of sp³-hybridized carbons (Fsp3) is 0.450. The molecule has 1 unspecified atom stereocenters. The standard InChI is InChI=1S/C20H27N3O3S/c1-5-22-14(2)13-19(16(22)4)20(24)21-15(3)17-7-9-18(10-8-17)23-11-6-12-27(23,25)26/h7-10,13,15H,5-6,11-12H2,1-4H3,(H,21,24). The first-order valence-electron chi connectivity index (χ1n) is 9.32. The van der Waals surface area contributed by atoms with E-state index in [1.807, 2.05) is 51.1 Å². The van der Waals surface area contributed by atoms with Crippen molar-refractivity contribution in [3.05, 3.63) is 52.8 Å². The molecule has 3 rings (SSSR count). The summed E-state index contributed by atoms with van der Waals surface area (Å²) in [6, 6.07) is 9.12. The van der Waals surface area contributed by atoms with E-state index in [4.69, 9.17) is 0 Å². The Morgan fingerprint density at radius 2 is 1.89 bits per heavy atom. The van der Waals surface area contributed by atoms with Crippen molar-refractivity contribution in [1.82, 2.24) is 9.88 Å². The van der Waals surface area contributed by atoms with Gasteiger partial charge >= 0.3 is 0 Å². The van der Waals surface area contributed by atoms with Crippen LogP contribution in [0.3, 0.4) is 0 Å². The summed E-state index contributed by atoms with van der Waals surface area (Å²) in [5, 5.41) is 3.04. The second-order valence-electron chi connectivity index (χ2n) is 7.06. The van der Waals surface area contributed by atoms with Gasteiger partial charge in [0.1, 0.15) is 0 Å². The number of aryl methyl sites for hydroxylation is 1. The van der Waals surface area contributed by atoms with Crippen molar-refractivity contribution in [1.29, 1.82) is 0 Å². The highest BCUT2D eigenvalue weighted by atomic mass is 32.2. The lowest BCUT2D eigenvalue weighted by Gasteiger charge is -2.19. The summed E-state index contributed by atoms with van der Waals surface area (Å²) in [4.78, 5) is 12.7. The number of anilines is 1. The van der Waals surface area contributed by atoms with Gasteiger partial charge in [-0.25, -0.2) is 8.42 Å². The summed E-state index contributed by atoms with van der Waals surface area (Å²) >= 11 is 0. The van der Waals surface area contributed by atoms with E-state index in [0.717, 1.165) is 23.5 Å². The van der Waals surface area contributed by atoms with Crippen LogP contribution in [0.2, 0.25) is 0 Å². The summed E-state index contributed by atoms with van der Waals surface area (Å²) in [7, 11) is -3.18. The van der Waals surface area contributed by atoms with Gasteiger partial charge in [0, 0.05) is 24.5 Å². The van der Waals surface area contributed by atoms with E-state index < -0.39 is 10.0 Å². The molecule has 1 atom stereocenters. The molecule has 1 aliphatic heterocycles. The lowest BCUT2D eigenvalue weighted by Crippen LogP contribution is -2.27. The van der Waals surface area contributed by atoms with Crippen LogP contribution in [0.1, 0.15) is 53.6 Å². The molecule has 1 saturated heterocycles. The summed E-state index contributed by atoms with van der Waals surface area (Å²) in [6.45, 7) is 9.32. The van der Waals surface area contributed by atoms with Crippen molar-refractivity contribution in [3.8, 4) is 0 Å². The number of amides is 1. The number of hydrogen-bond donors (Lipinski definition) is 1. The molecule has 6 nitrogen and oxygen atoms in total. The Kier molecular flexibility index (Phi) is 5.33. The molecule has 0 radical (unpaired) electrons. The van der Waals surface area contributed by atoms with E-state index in [2.05, 4.69) is 16.8 Å². The summed E-state index contributed by atoms with van der Waals surface area (Å²) in [5.74, 6) is 0.110. The highest BCUT2D eigenvalue weighted by molar-refractivity contribution is 7.93. The molecule has 0 saturated carbocycles. The third-order valence-electron chi connectivity index (χ3n) is 5.26. The SMILES string of the molecule is CCn1c(C)cc(C(=O)NC(C)c2ccc(N3CCCS3(=O)=O)cc2)c1C. The highest BCUT2D eigenvalue weighted by Crippen LogP contribution is 2.26. The number of nitrogens with one attached hydrogen (secondary N) is 1. The minimum atomic E-state index is -3.18. The Morgan fingerprint density at radius 1 is 1.22 bits per heavy atom. The second kappa shape index (κ2) is 7.38. The lowest BCUT2D eigenvalue weighted by atomic mass is 10.1. The third-order valence-corrected chi connectivity index (χ3v) is 7.13. The van der Waals surface area contributed by atoms with Gasteiger partial charge in [-0.3, -0.25) is 9.10 Å². The third kappa shape index (κ3) is 3.74. The van der Waals surface area contributed by atoms with Crippen LogP contribution in [0.15, 0.2) is 30.3 Å². The Labute approximate surface area is 161 Å². The van der Waals surface area contributed by atoms with Crippen LogP contribution in [0, 0.1) is 13.8 Å². The van der Waals surface area contributed by atoms with Crippen molar-refractivity contribution in [2.45, 2.75) is 46.7 Å². The number of hydrogen-bond acceptors (Lipinski definition) is 3. The number of benzene rings is 1. The van der Waals surface area contributed by atoms with Crippen LogP contribution in [0.25, 0.3) is 0 Å². The minimum Gasteiger partial charge on any atom is -0.349 e. The van der Waals surface area contributed by atoms with Crippen LogP contribution >= 0.6 is 0 Å². The van der Waals surface area contributed by atoms with Gasteiger partial charge in [0.25, 0.3) is 5.91 Å². The van der Waals surface area contributed by atoms with Crippen molar-refractivity contribution >= 4 is 21.6 Å². The van der Waals surface area contributed by atoms with E-state index in [1.165, 1.54) is 4.31 Å². The zero-order valence-electron chi connectivity index (χ0n) is 16.3. The monoisotopic (exact) mass is 389 g/mol. The van der Waals surface area contributed by atoms with Gasteiger partial charge in [0.05, 0.1) is 23.0 Å². The Balaban J connectivity index is 1.73. The van der Waals surface area contributed by atoms with Crippen LogP contribution in [-0.4, -0.2) is 31.2 Å². The van der Waals surface area contributed by atoms with Crippen LogP contribution < -0.4 is 9.62 Å². The van der Waals surface area contributed by atoms with Gasteiger partial charge in [-0.1, -0.05) is 12.1 Å². The average molecular weight is 390 g/mol. The molecule has 2 heterocycles. The normalized spacial score (nSPS) is 17.1. The van der Waals surface area contributed by atoms with Gasteiger partial charge in [-0.15, -0.1) is 0 Å². The van der Waals surface area contributed by atoms with Gasteiger partial charge in [-0.05, 0) is 57.9 Å². The molecule has 2 aromatic rings. The Hall–Kier alpha value is -2.28. The number of aromatic nitrogens is 1. The zero-order valence-corrected chi connectivity index (χ0v) is 17.1. The zero-order chi connectivity index (χ0) is 19.8. The predicted octanol–water partition coefficient (Wildman–Crippen LogP) is 3.16. The molecule has 1 fully saturated rings. The van der Waals surface area contributed by atoms with Crippen LogP contribution in [0.5, 0.6) is 0 Å². The molecule has 0 aliphatic carbocycles. The van der Waals surface area contributed by atoms with Gasteiger partial charge in [0.2, 0.25) is 10.0 Å². The van der Waals surface area contributed by atoms with Gasteiger partial charge in [-0.2, -0.15) is 0 Å². The molecular formula is C20H27N3O3S. The number of rotatable bonds is 5. The maximum atomic E-state index is 12.7. The number of carbonyl (C=O) groups excluding carboxylic acids is 1. The predicted molar refractivity (Wildman–Crippen MR) is 108 cm³/mol. The topological polar surface area (TPSA) is 71.4 Å². The fourth-order valence-corrected chi connectivity index (χ4v) is 5.30. The quantitative estimate of drug-likeness (QED) is 0.854. The maximum absolute atomic E-state index is 12.7. The van der Waals surface area contributed by atoms with Crippen molar-refractivity contribution in [3.63, 3.8) is 0 Å². The largest absolute Gasteiger partial charge is 0.349 e. The first-order chi connectivity index (χ1) is 12.7. The first-order valence-corrected chi connectivity index (χ1v) is 10.9. The van der Waals surface area contributed by atoms with E-state index >= 15 is 0 Å². The van der Waals surface area contributed by atoms with Gasteiger partial charge in [0.15, 0.2) is 0 Å². The first kappa shape index (κ1) is 19.5. The molecule has 146 valence electrons. The Morgan fingerprint density at radius 3 is 2.41 bits per heavy atom. The smallest absolute Gasteiger partial charge is 0.253 e. The molecule has 0 bridgehead atoms. The van der Waals surface area contributed by atoms with Crippen LogP contribution in [0.4, 0.5) is 5.69 Å². The number of sulfonamides is 1. The number of nitrogens with zero attached hydrogens (tertiary/aromatic N) is 2. The minimum absolute atomic E-state index is 0.0958. The fourth-order valence-electron chi connectivity index (χ4n) is 3.73. The number of carbonyl (C=O) groups is 1. The van der Waals surface area contributed by atoms with Crippen molar-refractivity contribution in [2.75, 3.05) is 16.6 Å². The molecule has 1 aliphatic rings. The molecular weight excluding hydrogens is 362 g/mol.